The molecule has 0 spiro atoms. The van der Waals surface area contributed by atoms with Crippen molar-refractivity contribution in [2.24, 2.45) is 0 Å². The van der Waals surface area contributed by atoms with Crippen molar-refractivity contribution in [1.82, 2.24) is 15.6 Å². The van der Waals surface area contributed by atoms with Gasteiger partial charge in [0.1, 0.15) is 11.1 Å². The van der Waals surface area contributed by atoms with Crippen LogP contribution in [-0.2, 0) is 15.1 Å². The van der Waals surface area contributed by atoms with Crippen LogP contribution in [-0.4, -0.2) is 36.7 Å². The molecule has 0 bridgehead atoms. The van der Waals surface area contributed by atoms with E-state index in [9.17, 15) is 4.79 Å². The standard InChI is InChI=1S/C12H19N3O2S/c1-8-6-14-11(18-8)12(2,3)15-10(16)9-7-13-4-5-17-9/h6,9,13H,4-5,7H2,1-3H3,(H,15,16). The predicted octanol–water partition coefficient (Wildman–Crippen LogP) is 0.791. The van der Waals surface area contributed by atoms with Crippen molar-refractivity contribution >= 4 is 17.2 Å². The van der Waals surface area contributed by atoms with Crippen LogP contribution in [0.4, 0.5) is 0 Å². The van der Waals surface area contributed by atoms with E-state index in [0.717, 1.165) is 16.4 Å². The number of carbonyl (C=O) groups is 1. The molecule has 5 nitrogen and oxygen atoms in total. The highest BCUT2D eigenvalue weighted by Crippen LogP contribution is 2.24. The second kappa shape index (κ2) is 5.34. The zero-order chi connectivity index (χ0) is 13.2. The summed E-state index contributed by atoms with van der Waals surface area (Å²) in [7, 11) is 0. The van der Waals surface area contributed by atoms with Crippen molar-refractivity contribution in [3.63, 3.8) is 0 Å². The number of hydrogen-bond acceptors (Lipinski definition) is 5. The quantitative estimate of drug-likeness (QED) is 0.851. The van der Waals surface area contributed by atoms with Gasteiger partial charge < -0.3 is 15.4 Å². The van der Waals surface area contributed by atoms with Crippen molar-refractivity contribution in [2.75, 3.05) is 19.7 Å². The number of rotatable bonds is 3. The third kappa shape index (κ3) is 3.07. The van der Waals surface area contributed by atoms with Gasteiger partial charge in [-0.1, -0.05) is 0 Å². The molecule has 100 valence electrons. The SMILES string of the molecule is Cc1cnc(C(C)(C)NC(=O)C2CNCCO2)s1. The lowest BCUT2D eigenvalue weighted by Crippen LogP contribution is -2.52. The first-order valence-electron chi connectivity index (χ1n) is 6.06. The molecule has 0 radical (unpaired) electrons. The van der Waals surface area contributed by atoms with Crippen LogP contribution in [0, 0.1) is 6.92 Å². The number of nitrogens with one attached hydrogen (secondary N) is 2. The molecular weight excluding hydrogens is 250 g/mol. The largest absolute Gasteiger partial charge is 0.366 e. The van der Waals surface area contributed by atoms with Crippen LogP contribution in [0.1, 0.15) is 23.7 Å². The number of nitrogens with zero attached hydrogens (tertiary/aromatic N) is 1. The van der Waals surface area contributed by atoms with Gasteiger partial charge in [0.05, 0.1) is 12.1 Å². The molecule has 2 N–H and O–H groups in total. The van der Waals surface area contributed by atoms with Gasteiger partial charge in [-0.3, -0.25) is 4.79 Å². The Kier molecular flexibility index (Phi) is 3.99. The van der Waals surface area contributed by atoms with Gasteiger partial charge >= 0.3 is 0 Å². The predicted molar refractivity (Wildman–Crippen MR) is 70.6 cm³/mol. The summed E-state index contributed by atoms with van der Waals surface area (Å²) < 4.78 is 5.44. The highest BCUT2D eigenvalue weighted by Gasteiger charge is 2.30. The molecular formula is C12H19N3O2S. The van der Waals surface area contributed by atoms with Crippen molar-refractivity contribution in [2.45, 2.75) is 32.4 Å². The Bertz CT molecular complexity index is 425. The maximum absolute atomic E-state index is 12.1. The molecule has 1 amide bonds. The molecule has 18 heavy (non-hydrogen) atoms. The van der Waals surface area contributed by atoms with E-state index in [4.69, 9.17) is 4.74 Å². The lowest BCUT2D eigenvalue weighted by molar-refractivity contribution is -0.136. The maximum atomic E-state index is 12.1. The van der Waals surface area contributed by atoms with E-state index in [1.165, 1.54) is 0 Å². The Morgan fingerprint density at radius 3 is 3.00 bits per heavy atom. The summed E-state index contributed by atoms with van der Waals surface area (Å²) in [6, 6.07) is 0. The molecule has 1 fully saturated rings. The average molecular weight is 269 g/mol. The number of ether oxygens (including phenoxy) is 1. The van der Waals surface area contributed by atoms with Gasteiger partial charge in [-0.25, -0.2) is 4.98 Å². The van der Waals surface area contributed by atoms with E-state index in [1.807, 2.05) is 27.0 Å². The van der Waals surface area contributed by atoms with Crippen LogP contribution in [0.2, 0.25) is 0 Å². The van der Waals surface area contributed by atoms with Crippen molar-refractivity contribution in [3.05, 3.63) is 16.1 Å². The Balaban J connectivity index is 2.00. The Hall–Kier alpha value is -0.980. The topological polar surface area (TPSA) is 63.2 Å². The number of aromatic nitrogens is 1. The van der Waals surface area contributed by atoms with E-state index in [1.54, 1.807) is 11.3 Å². The minimum absolute atomic E-state index is 0.0833. The fourth-order valence-electron chi connectivity index (χ4n) is 1.82. The van der Waals surface area contributed by atoms with Gasteiger partial charge in [-0.15, -0.1) is 11.3 Å². The van der Waals surface area contributed by atoms with Gasteiger partial charge in [-0.05, 0) is 20.8 Å². The van der Waals surface area contributed by atoms with Crippen LogP contribution in [0.5, 0.6) is 0 Å². The number of morpholine rings is 1. The molecule has 0 aromatic carbocycles. The van der Waals surface area contributed by atoms with Gasteiger partial charge in [0.25, 0.3) is 5.91 Å². The second-order valence-corrected chi connectivity index (χ2v) is 6.19. The fourth-order valence-corrected chi connectivity index (χ4v) is 2.64. The summed E-state index contributed by atoms with van der Waals surface area (Å²) >= 11 is 1.60. The summed E-state index contributed by atoms with van der Waals surface area (Å²) in [6.45, 7) is 7.87. The van der Waals surface area contributed by atoms with E-state index in [0.29, 0.717) is 13.2 Å². The molecule has 1 aromatic heterocycles. The Labute approximate surface area is 111 Å². The van der Waals surface area contributed by atoms with E-state index in [2.05, 4.69) is 15.6 Å². The minimum atomic E-state index is -0.461. The number of hydrogen-bond donors (Lipinski definition) is 2. The number of thiazole rings is 1. The summed E-state index contributed by atoms with van der Waals surface area (Å²) in [5, 5.41) is 7.06. The summed E-state index contributed by atoms with van der Waals surface area (Å²) in [5.74, 6) is -0.0833. The van der Waals surface area contributed by atoms with Crippen LogP contribution >= 0.6 is 11.3 Å². The van der Waals surface area contributed by atoms with Crippen molar-refractivity contribution in [1.29, 1.82) is 0 Å². The van der Waals surface area contributed by atoms with Gasteiger partial charge in [0, 0.05) is 24.2 Å². The van der Waals surface area contributed by atoms with Crippen LogP contribution < -0.4 is 10.6 Å². The molecule has 1 atom stereocenters. The molecule has 0 aliphatic carbocycles. The first-order chi connectivity index (χ1) is 8.49. The zero-order valence-corrected chi connectivity index (χ0v) is 11.8. The van der Waals surface area contributed by atoms with Crippen LogP contribution in [0.15, 0.2) is 6.20 Å². The highest BCUT2D eigenvalue weighted by molar-refractivity contribution is 7.11. The summed E-state index contributed by atoms with van der Waals surface area (Å²) in [4.78, 5) is 17.6. The average Bonchev–Trinajstić information content (AvgIpc) is 2.77. The zero-order valence-electron chi connectivity index (χ0n) is 10.9. The molecule has 1 unspecified atom stereocenters. The highest BCUT2D eigenvalue weighted by atomic mass is 32.1. The number of aryl methyl sites for hydroxylation is 1. The summed E-state index contributed by atoms with van der Waals surface area (Å²) in [5.41, 5.74) is -0.461. The van der Waals surface area contributed by atoms with Crippen LogP contribution in [0.25, 0.3) is 0 Å². The molecule has 1 aliphatic rings. The van der Waals surface area contributed by atoms with Crippen LogP contribution in [0.3, 0.4) is 0 Å². The van der Waals surface area contributed by atoms with Gasteiger partial charge in [-0.2, -0.15) is 0 Å². The fraction of sp³-hybridized carbons (Fsp3) is 0.667. The third-order valence-electron chi connectivity index (χ3n) is 2.81. The molecule has 1 saturated heterocycles. The van der Waals surface area contributed by atoms with E-state index < -0.39 is 11.6 Å². The monoisotopic (exact) mass is 269 g/mol. The lowest BCUT2D eigenvalue weighted by atomic mass is 10.1. The first-order valence-corrected chi connectivity index (χ1v) is 6.88. The third-order valence-corrected chi connectivity index (χ3v) is 4.05. The molecule has 6 heteroatoms. The normalized spacial score (nSPS) is 20.7. The van der Waals surface area contributed by atoms with E-state index in [-0.39, 0.29) is 5.91 Å². The van der Waals surface area contributed by atoms with Crippen molar-refractivity contribution in [3.8, 4) is 0 Å². The summed E-state index contributed by atoms with van der Waals surface area (Å²) in [6.07, 6.45) is 1.42. The number of amides is 1. The molecule has 2 rings (SSSR count). The maximum Gasteiger partial charge on any atom is 0.251 e. The Morgan fingerprint density at radius 2 is 2.44 bits per heavy atom. The molecule has 1 aliphatic heterocycles. The minimum Gasteiger partial charge on any atom is -0.366 e. The first kappa shape index (κ1) is 13.5. The second-order valence-electron chi connectivity index (χ2n) is 4.95. The van der Waals surface area contributed by atoms with Gasteiger partial charge in [0.15, 0.2) is 0 Å². The molecule has 0 saturated carbocycles. The lowest BCUT2D eigenvalue weighted by Gasteiger charge is -2.29. The smallest absolute Gasteiger partial charge is 0.251 e. The van der Waals surface area contributed by atoms with Gasteiger partial charge in [0.2, 0.25) is 0 Å². The van der Waals surface area contributed by atoms with Crippen molar-refractivity contribution < 1.29 is 9.53 Å². The van der Waals surface area contributed by atoms with E-state index >= 15 is 0 Å². The molecule has 2 heterocycles. The number of carbonyl (C=O) groups excluding carboxylic acids is 1. The molecule has 1 aromatic rings. The Morgan fingerprint density at radius 1 is 1.67 bits per heavy atom.